The Kier molecular flexibility index (Phi) is 3.29. The van der Waals surface area contributed by atoms with Crippen LogP contribution in [0.1, 0.15) is 18.1 Å². The Hall–Kier alpha value is -2.12. The first-order valence-corrected chi connectivity index (χ1v) is 6.38. The fourth-order valence-electron chi connectivity index (χ4n) is 2.01. The second-order valence-electron chi connectivity index (χ2n) is 4.49. The van der Waals surface area contributed by atoms with Crippen molar-refractivity contribution in [2.45, 2.75) is 12.5 Å². The number of benzene rings is 1. The van der Waals surface area contributed by atoms with Crippen molar-refractivity contribution in [1.29, 1.82) is 0 Å². The first-order valence-electron chi connectivity index (χ1n) is 6.01. The molecule has 0 aliphatic carbocycles. The average molecular weight is 294 g/mol. The van der Waals surface area contributed by atoms with Crippen LogP contribution in [0.25, 0.3) is 0 Å². The number of rotatable bonds is 2. The number of hydrazone groups is 1. The minimum absolute atomic E-state index is 0.172. The molecule has 20 heavy (non-hydrogen) atoms. The second-order valence-corrected chi connectivity index (χ2v) is 4.93. The normalized spacial score (nSPS) is 22.0. The number of carbonyl (C=O) groups is 1. The van der Waals surface area contributed by atoms with Gasteiger partial charge in [0.2, 0.25) is 0 Å². The lowest BCUT2D eigenvalue weighted by Gasteiger charge is -2.21. The van der Waals surface area contributed by atoms with Crippen LogP contribution in [0.5, 0.6) is 0 Å². The Morgan fingerprint density at radius 1 is 1.35 bits per heavy atom. The summed E-state index contributed by atoms with van der Waals surface area (Å²) in [6, 6.07) is 6.95. The summed E-state index contributed by atoms with van der Waals surface area (Å²) in [5, 5.41) is 9.68. The topological polar surface area (TPSA) is 92.3 Å². The van der Waals surface area contributed by atoms with E-state index in [0.29, 0.717) is 22.9 Å². The third kappa shape index (κ3) is 2.45. The molecule has 3 N–H and O–H groups in total. The number of nitrogens with two attached hydrogens (primary N) is 1. The van der Waals surface area contributed by atoms with E-state index in [0.717, 1.165) is 10.6 Å². The van der Waals surface area contributed by atoms with Crippen LogP contribution < -0.4 is 11.3 Å². The summed E-state index contributed by atoms with van der Waals surface area (Å²) in [6.07, 6.45) is 0.401. The van der Waals surface area contributed by atoms with Gasteiger partial charge in [0, 0.05) is 11.4 Å². The van der Waals surface area contributed by atoms with Gasteiger partial charge in [0.05, 0.1) is 6.54 Å². The molecule has 1 aromatic carbocycles. The number of urea groups is 1. The first kappa shape index (κ1) is 12.9. The molecule has 3 rings (SSSR count). The summed E-state index contributed by atoms with van der Waals surface area (Å²) < 4.78 is 0. The van der Waals surface area contributed by atoms with Crippen molar-refractivity contribution < 1.29 is 9.63 Å². The fraction of sp³-hybridized carbons (Fsp3) is 0.250. The molecule has 0 saturated carbocycles. The summed E-state index contributed by atoms with van der Waals surface area (Å²) in [7, 11) is 0. The molecular formula is C12H12ClN5O2. The van der Waals surface area contributed by atoms with E-state index in [4.69, 9.17) is 22.3 Å². The monoisotopic (exact) mass is 293 g/mol. The zero-order valence-electron chi connectivity index (χ0n) is 10.4. The quantitative estimate of drug-likeness (QED) is 0.638. The van der Waals surface area contributed by atoms with Crippen LogP contribution >= 0.6 is 11.6 Å². The Bertz CT molecular complexity index is 598. The van der Waals surface area contributed by atoms with Crippen molar-refractivity contribution in [2.75, 3.05) is 6.54 Å². The number of carbonyl (C=O) groups excluding carboxylic acids is 1. The number of oxime groups is 1. The van der Waals surface area contributed by atoms with E-state index in [-0.39, 0.29) is 12.6 Å². The Balaban J connectivity index is 1.70. The number of nitrogens with one attached hydrogen (secondary N) is 1. The van der Waals surface area contributed by atoms with Crippen LogP contribution in [-0.2, 0) is 4.84 Å². The van der Waals surface area contributed by atoms with Crippen LogP contribution in [-0.4, -0.2) is 29.0 Å². The molecule has 8 heteroatoms. The predicted molar refractivity (Wildman–Crippen MR) is 74.2 cm³/mol. The largest absolute Gasteiger partial charge is 0.387 e. The minimum Gasteiger partial charge on any atom is -0.387 e. The fourth-order valence-corrected chi connectivity index (χ4v) is 2.13. The summed E-state index contributed by atoms with van der Waals surface area (Å²) >= 11 is 5.85. The smallest absolute Gasteiger partial charge is 0.352 e. The van der Waals surface area contributed by atoms with Gasteiger partial charge in [0.1, 0.15) is 11.4 Å². The number of hydrogen-bond acceptors (Lipinski definition) is 5. The third-order valence-corrected chi connectivity index (χ3v) is 3.36. The SMILES string of the molecule is NN1CC(C2=NOC(c3ccc(Cl)cc3)C2)=NNC1=O. The van der Waals surface area contributed by atoms with E-state index in [1.54, 1.807) is 12.1 Å². The van der Waals surface area contributed by atoms with Crippen LogP contribution in [0.4, 0.5) is 4.79 Å². The van der Waals surface area contributed by atoms with E-state index in [1.165, 1.54) is 0 Å². The Labute approximate surface area is 120 Å². The van der Waals surface area contributed by atoms with Gasteiger partial charge in [-0.1, -0.05) is 28.9 Å². The molecule has 2 heterocycles. The van der Waals surface area contributed by atoms with Crippen molar-refractivity contribution in [3.63, 3.8) is 0 Å². The van der Waals surface area contributed by atoms with E-state index >= 15 is 0 Å². The van der Waals surface area contributed by atoms with Gasteiger partial charge in [-0.15, -0.1) is 0 Å². The predicted octanol–water partition coefficient (Wildman–Crippen LogP) is 1.41. The second kappa shape index (κ2) is 5.10. The van der Waals surface area contributed by atoms with Crippen molar-refractivity contribution in [3.8, 4) is 0 Å². The van der Waals surface area contributed by atoms with Crippen molar-refractivity contribution in [3.05, 3.63) is 34.9 Å². The van der Waals surface area contributed by atoms with Crippen LogP contribution in [0.3, 0.4) is 0 Å². The van der Waals surface area contributed by atoms with E-state index in [1.807, 2.05) is 12.1 Å². The lowest BCUT2D eigenvalue weighted by Crippen LogP contribution is -2.51. The zero-order valence-corrected chi connectivity index (χ0v) is 11.2. The molecule has 7 nitrogen and oxygen atoms in total. The third-order valence-electron chi connectivity index (χ3n) is 3.11. The first-order chi connectivity index (χ1) is 9.63. The maximum Gasteiger partial charge on any atom is 0.352 e. The van der Waals surface area contributed by atoms with Gasteiger partial charge < -0.3 is 4.84 Å². The molecule has 2 amide bonds. The summed E-state index contributed by atoms with van der Waals surface area (Å²) in [5.74, 6) is 5.53. The number of hydrogen-bond donors (Lipinski definition) is 2. The highest BCUT2D eigenvalue weighted by Crippen LogP contribution is 2.28. The van der Waals surface area contributed by atoms with Gasteiger partial charge in [-0.3, -0.25) is 5.01 Å². The van der Waals surface area contributed by atoms with Gasteiger partial charge in [-0.05, 0) is 17.7 Å². The molecule has 1 atom stereocenters. The highest BCUT2D eigenvalue weighted by atomic mass is 35.5. The molecule has 0 saturated heterocycles. The lowest BCUT2D eigenvalue weighted by molar-refractivity contribution is 0.0857. The summed E-state index contributed by atoms with van der Waals surface area (Å²) in [5.41, 5.74) is 4.58. The minimum atomic E-state index is -0.442. The van der Waals surface area contributed by atoms with E-state index < -0.39 is 6.03 Å². The molecule has 2 aliphatic heterocycles. The zero-order chi connectivity index (χ0) is 14.1. The summed E-state index contributed by atoms with van der Waals surface area (Å²) in [6.45, 7) is 0.210. The highest BCUT2D eigenvalue weighted by molar-refractivity contribution is 6.44. The molecule has 0 radical (unpaired) electrons. The Morgan fingerprint density at radius 3 is 2.80 bits per heavy atom. The number of nitrogens with zero attached hydrogens (tertiary/aromatic N) is 3. The van der Waals surface area contributed by atoms with Gasteiger partial charge in [-0.25, -0.2) is 16.1 Å². The molecule has 1 aromatic rings. The van der Waals surface area contributed by atoms with Crippen molar-refractivity contribution >= 4 is 29.1 Å². The van der Waals surface area contributed by atoms with Crippen molar-refractivity contribution in [2.24, 2.45) is 16.1 Å². The standard InChI is InChI=1S/C12H12ClN5O2/c13-8-3-1-7(2-4-8)11-5-9(17-20-11)10-6-18(14)12(19)16-15-10/h1-4,11H,5-6,14H2,(H,16,19). The number of halogens is 1. The molecule has 0 spiro atoms. The molecular weight excluding hydrogens is 282 g/mol. The molecule has 0 aromatic heterocycles. The van der Waals surface area contributed by atoms with Gasteiger partial charge in [-0.2, -0.15) is 5.10 Å². The lowest BCUT2D eigenvalue weighted by atomic mass is 10.0. The van der Waals surface area contributed by atoms with Crippen LogP contribution in [0.2, 0.25) is 5.02 Å². The van der Waals surface area contributed by atoms with E-state index in [2.05, 4.69) is 15.7 Å². The average Bonchev–Trinajstić information content (AvgIpc) is 2.92. The Morgan fingerprint density at radius 2 is 2.10 bits per heavy atom. The van der Waals surface area contributed by atoms with Crippen molar-refractivity contribution in [1.82, 2.24) is 10.4 Å². The van der Waals surface area contributed by atoms with E-state index in [9.17, 15) is 4.79 Å². The van der Waals surface area contributed by atoms with Gasteiger partial charge in [0.15, 0.2) is 6.10 Å². The maximum atomic E-state index is 11.2. The molecule has 1 unspecified atom stereocenters. The van der Waals surface area contributed by atoms with Crippen LogP contribution in [0.15, 0.2) is 34.5 Å². The molecule has 0 fully saturated rings. The maximum absolute atomic E-state index is 11.2. The van der Waals surface area contributed by atoms with Crippen LogP contribution in [0, 0.1) is 0 Å². The van der Waals surface area contributed by atoms with Gasteiger partial charge >= 0.3 is 6.03 Å². The molecule has 2 aliphatic rings. The van der Waals surface area contributed by atoms with Gasteiger partial charge in [0.25, 0.3) is 0 Å². The number of amides is 2. The summed E-state index contributed by atoms with van der Waals surface area (Å²) in [4.78, 5) is 16.6. The number of hydrazine groups is 1. The highest BCUT2D eigenvalue weighted by Gasteiger charge is 2.29. The molecule has 0 bridgehead atoms. The molecule has 104 valence electrons.